The van der Waals surface area contributed by atoms with Gasteiger partial charge in [0.25, 0.3) is 5.91 Å². The maximum absolute atomic E-state index is 13.2. The summed E-state index contributed by atoms with van der Waals surface area (Å²) in [6.07, 6.45) is 1.37. The largest absolute Gasteiger partial charge is 0.484 e. The number of carbonyl (C=O) groups is 2. The van der Waals surface area contributed by atoms with Crippen LogP contribution in [0.3, 0.4) is 0 Å². The van der Waals surface area contributed by atoms with E-state index in [-0.39, 0.29) is 24.5 Å². The Morgan fingerprint density at radius 2 is 1.67 bits per heavy atom. The van der Waals surface area contributed by atoms with Crippen LogP contribution >= 0.6 is 0 Å². The van der Waals surface area contributed by atoms with Crippen molar-refractivity contribution < 1.29 is 14.3 Å². The summed E-state index contributed by atoms with van der Waals surface area (Å²) in [5.74, 6) is 0.353. The molecule has 0 bridgehead atoms. The quantitative estimate of drug-likeness (QED) is 0.631. The first-order valence-electron chi connectivity index (χ1n) is 10.7. The Labute approximate surface area is 180 Å². The summed E-state index contributed by atoms with van der Waals surface area (Å²) in [4.78, 5) is 27.7. The number of ether oxygens (including phenoxy) is 1. The van der Waals surface area contributed by atoms with Crippen molar-refractivity contribution in [3.05, 3.63) is 65.2 Å². The summed E-state index contributed by atoms with van der Waals surface area (Å²) in [6.45, 7) is 10.1. The van der Waals surface area contributed by atoms with Gasteiger partial charge in [-0.1, -0.05) is 61.9 Å². The van der Waals surface area contributed by atoms with Gasteiger partial charge in [-0.25, -0.2) is 0 Å². The molecule has 1 N–H and O–H groups in total. The number of carbonyl (C=O) groups excluding carboxylic acids is 2. The van der Waals surface area contributed by atoms with Gasteiger partial charge in [0.15, 0.2) is 6.61 Å². The minimum atomic E-state index is -0.548. The number of rotatable bonds is 10. The molecule has 2 aromatic carbocycles. The maximum atomic E-state index is 13.2. The molecule has 0 saturated heterocycles. The molecule has 0 saturated carbocycles. The van der Waals surface area contributed by atoms with Crippen molar-refractivity contribution in [2.45, 2.75) is 66.1 Å². The van der Waals surface area contributed by atoms with Crippen LogP contribution in [0, 0.1) is 13.8 Å². The monoisotopic (exact) mass is 410 g/mol. The molecule has 30 heavy (non-hydrogen) atoms. The smallest absolute Gasteiger partial charge is 0.261 e. The van der Waals surface area contributed by atoms with Gasteiger partial charge in [0, 0.05) is 12.6 Å². The highest BCUT2D eigenvalue weighted by atomic mass is 16.5. The van der Waals surface area contributed by atoms with Gasteiger partial charge in [0.1, 0.15) is 11.8 Å². The number of hydrogen-bond donors (Lipinski definition) is 1. The molecule has 2 aromatic rings. The molecule has 0 unspecified atom stereocenters. The number of aryl methyl sites for hydroxylation is 2. The molecule has 0 fully saturated rings. The number of nitrogens with one attached hydrogen (secondary N) is 1. The molecule has 5 nitrogen and oxygen atoms in total. The van der Waals surface area contributed by atoms with Crippen LogP contribution in [0.4, 0.5) is 0 Å². The molecule has 2 amide bonds. The summed E-state index contributed by atoms with van der Waals surface area (Å²) < 4.78 is 5.79. The molecule has 0 radical (unpaired) electrons. The molecular formula is C25H34N2O3. The lowest BCUT2D eigenvalue weighted by atomic mass is 10.1. The molecule has 0 spiro atoms. The van der Waals surface area contributed by atoms with Gasteiger partial charge in [-0.05, 0) is 50.8 Å². The van der Waals surface area contributed by atoms with Crippen LogP contribution in [0.15, 0.2) is 48.5 Å². The first-order chi connectivity index (χ1) is 14.3. The van der Waals surface area contributed by atoms with Crippen LogP contribution in [0.25, 0.3) is 0 Å². The summed E-state index contributed by atoms with van der Waals surface area (Å²) in [5.41, 5.74) is 3.11. The standard InChI is InChI=1S/C25H34N2O3/c1-6-20(5)26-25(29)22(7-2)27(16-21-14-12-18(3)13-15-21)24(28)17-30-23-11-9-8-10-19(23)4/h8-15,20,22H,6-7,16-17H2,1-5H3,(H,26,29)/t20-,22-/m1/s1. The van der Waals surface area contributed by atoms with Gasteiger partial charge in [-0.15, -0.1) is 0 Å². The molecule has 0 aromatic heterocycles. The Bertz CT molecular complexity index is 833. The van der Waals surface area contributed by atoms with Crippen molar-refractivity contribution in [2.24, 2.45) is 0 Å². The molecule has 0 aliphatic carbocycles. The van der Waals surface area contributed by atoms with Crippen LogP contribution in [0.1, 0.15) is 50.3 Å². The van der Waals surface area contributed by atoms with Gasteiger partial charge in [0.05, 0.1) is 0 Å². The highest BCUT2D eigenvalue weighted by Gasteiger charge is 2.29. The van der Waals surface area contributed by atoms with E-state index < -0.39 is 6.04 Å². The zero-order valence-corrected chi connectivity index (χ0v) is 18.8. The zero-order chi connectivity index (χ0) is 22.1. The number of amides is 2. The van der Waals surface area contributed by atoms with Crippen LogP contribution in [-0.4, -0.2) is 35.4 Å². The van der Waals surface area contributed by atoms with Crippen molar-refractivity contribution in [3.8, 4) is 5.75 Å². The van der Waals surface area contributed by atoms with E-state index >= 15 is 0 Å². The molecule has 0 aliphatic rings. The Morgan fingerprint density at radius 1 is 1.00 bits per heavy atom. The van der Waals surface area contributed by atoms with E-state index in [9.17, 15) is 9.59 Å². The second-order valence-corrected chi connectivity index (χ2v) is 7.80. The fourth-order valence-electron chi connectivity index (χ4n) is 3.19. The topological polar surface area (TPSA) is 58.6 Å². The number of benzene rings is 2. The van der Waals surface area contributed by atoms with Crippen LogP contribution in [0.5, 0.6) is 5.75 Å². The predicted octanol–water partition coefficient (Wildman–Crippen LogP) is 4.40. The molecular weight excluding hydrogens is 376 g/mol. The van der Waals surface area contributed by atoms with E-state index in [1.54, 1.807) is 4.90 Å². The zero-order valence-electron chi connectivity index (χ0n) is 18.8. The summed E-state index contributed by atoms with van der Waals surface area (Å²) in [7, 11) is 0. The Kier molecular flexibility index (Phi) is 8.90. The Balaban J connectivity index is 2.21. The average Bonchev–Trinajstić information content (AvgIpc) is 2.74. The van der Waals surface area contributed by atoms with Gasteiger partial charge >= 0.3 is 0 Å². The third-order valence-electron chi connectivity index (χ3n) is 5.31. The van der Waals surface area contributed by atoms with Gasteiger partial charge in [0.2, 0.25) is 5.91 Å². The lowest BCUT2D eigenvalue weighted by molar-refractivity contribution is -0.143. The first-order valence-corrected chi connectivity index (χ1v) is 10.7. The van der Waals surface area contributed by atoms with E-state index in [0.717, 1.165) is 23.1 Å². The maximum Gasteiger partial charge on any atom is 0.261 e. The fourth-order valence-corrected chi connectivity index (χ4v) is 3.19. The number of para-hydroxylation sites is 1. The molecule has 162 valence electrons. The van der Waals surface area contributed by atoms with Gasteiger partial charge < -0.3 is 15.0 Å². The van der Waals surface area contributed by atoms with E-state index in [2.05, 4.69) is 5.32 Å². The van der Waals surface area contributed by atoms with Gasteiger partial charge in [-0.2, -0.15) is 0 Å². The summed E-state index contributed by atoms with van der Waals surface area (Å²) in [6, 6.07) is 15.1. The molecule has 0 aliphatic heterocycles. The minimum absolute atomic E-state index is 0.0612. The summed E-state index contributed by atoms with van der Waals surface area (Å²) in [5, 5.41) is 3.02. The Hall–Kier alpha value is -2.82. The average molecular weight is 411 g/mol. The third-order valence-corrected chi connectivity index (χ3v) is 5.31. The Morgan fingerprint density at radius 3 is 2.27 bits per heavy atom. The van der Waals surface area contributed by atoms with Crippen molar-refractivity contribution in [1.82, 2.24) is 10.2 Å². The molecule has 2 atom stereocenters. The van der Waals surface area contributed by atoms with Crippen LogP contribution in [-0.2, 0) is 16.1 Å². The molecule has 5 heteroatoms. The third kappa shape index (κ3) is 6.61. The minimum Gasteiger partial charge on any atom is -0.484 e. The second-order valence-electron chi connectivity index (χ2n) is 7.80. The van der Waals surface area contributed by atoms with Crippen molar-refractivity contribution in [2.75, 3.05) is 6.61 Å². The van der Waals surface area contributed by atoms with Crippen LogP contribution < -0.4 is 10.1 Å². The highest BCUT2D eigenvalue weighted by molar-refractivity contribution is 5.88. The highest BCUT2D eigenvalue weighted by Crippen LogP contribution is 2.18. The SMILES string of the molecule is CC[C@@H](C)NC(=O)[C@@H](CC)N(Cc1ccc(C)cc1)C(=O)COc1ccccc1C. The summed E-state index contributed by atoms with van der Waals surface area (Å²) >= 11 is 0. The van der Waals surface area contributed by atoms with E-state index in [1.165, 1.54) is 0 Å². The van der Waals surface area contributed by atoms with Gasteiger partial charge in [-0.3, -0.25) is 9.59 Å². The van der Waals surface area contributed by atoms with Crippen molar-refractivity contribution >= 4 is 11.8 Å². The normalized spacial score (nSPS) is 12.7. The molecule has 2 rings (SSSR count). The van der Waals surface area contributed by atoms with Crippen molar-refractivity contribution in [3.63, 3.8) is 0 Å². The number of hydrogen-bond acceptors (Lipinski definition) is 3. The second kappa shape index (κ2) is 11.4. The van der Waals surface area contributed by atoms with E-state index in [1.807, 2.05) is 83.1 Å². The number of nitrogens with zero attached hydrogens (tertiary/aromatic N) is 1. The lowest BCUT2D eigenvalue weighted by Crippen LogP contribution is -2.51. The first kappa shape index (κ1) is 23.5. The van der Waals surface area contributed by atoms with E-state index in [4.69, 9.17) is 4.74 Å². The van der Waals surface area contributed by atoms with E-state index in [0.29, 0.717) is 18.7 Å². The fraction of sp³-hybridized carbons (Fsp3) is 0.440. The molecule has 0 heterocycles. The van der Waals surface area contributed by atoms with Crippen molar-refractivity contribution in [1.29, 1.82) is 0 Å². The van der Waals surface area contributed by atoms with Crippen LogP contribution in [0.2, 0.25) is 0 Å². The predicted molar refractivity (Wildman–Crippen MR) is 120 cm³/mol. The lowest BCUT2D eigenvalue weighted by Gasteiger charge is -2.31.